The Morgan fingerprint density at radius 3 is 2.55 bits per heavy atom. The molecule has 0 unspecified atom stereocenters. The van der Waals surface area contributed by atoms with Crippen LogP contribution in [0.5, 0.6) is 5.75 Å². The minimum absolute atomic E-state index is 0.0105. The van der Waals surface area contributed by atoms with E-state index in [-0.39, 0.29) is 29.3 Å². The Kier molecular flexibility index (Phi) is 12.1. The van der Waals surface area contributed by atoms with Crippen LogP contribution in [0.25, 0.3) is 10.9 Å². The third-order valence-corrected chi connectivity index (χ3v) is 7.55. The number of ether oxygens (including phenoxy) is 2. The van der Waals surface area contributed by atoms with Gasteiger partial charge in [-0.25, -0.2) is 4.79 Å². The van der Waals surface area contributed by atoms with Gasteiger partial charge in [0.15, 0.2) is 12.4 Å². The Bertz CT molecular complexity index is 1460. The second-order valence-electron chi connectivity index (χ2n) is 10.8. The van der Waals surface area contributed by atoms with Crippen molar-refractivity contribution in [3.63, 3.8) is 0 Å². The minimum atomic E-state index is -1.15. The number of Topliss-reactive ketones (excluding diaryl/α,β-unsaturated/α-hetero) is 1. The van der Waals surface area contributed by atoms with Crippen molar-refractivity contribution in [3.8, 4) is 5.75 Å². The van der Waals surface area contributed by atoms with Gasteiger partial charge in [0.1, 0.15) is 17.5 Å². The molecule has 3 amide bonds. The Balaban J connectivity index is 1.78. The Hall–Kier alpha value is -4.68. The van der Waals surface area contributed by atoms with Crippen LogP contribution in [0, 0.1) is 5.92 Å². The molecular weight excluding hydrogens is 568 g/mol. The Morgan fingerprint density at radius 2 is 1.91 bits per heavy atom. The molecule has 13 nitrogen and oxygen atoms in total. The fourth-order valence-corrected chi connectivity index (χ4v) is 5.12. The highest BCUT2D eigenvalue weighted by atomic mass is 16.5. The summed E-state index contributed by atoms with van der Waals surface area (Å²) in [5.74, 6) is -2.68. The summed E-state index contributed by atoms with van der Waals surface area (Å²) in [4.78, 5) is 72.3. The molecule has 3 atom stereocenters. The molecule has 1 aliphatic rings. The third-order valence-electron chi connectivity index (χ3n) is 7.55. The number of nitrogens with one attached hydrogen (secondary N) is 4. The van der Waals surface area contributed by atoms with Crippen molar-refractivity contribution in [3.05, 3.63) is 41.2 Å². The highest BCUT2D eigenvalue weighted by Crippen LogP contribution is 2.26. The van der Waals surface area contributed by atoms with Crippen LogP contribution in [-0.2, 0) is 23.9 Å². The van der Waals surface area contributed by atoms with Crippen LogP contribution >= 0.6 is 0 Å². The molecule has 2 heterocycles. The molecule has 13 heteroatoms. The van der Waals surface area contributed by atoms with Crippen molar-refractivity contribution in [2.75, 3.05) is 27.3 Å². The average molecular weight is 611 g/mol. The van der Waals surface area contributed by atoms with E-state index in [1.807, 2.05) is 6.92 Å². The number of rotatable bonds is 14. The summed E-state index contributed by atoms with van der Waals surface area (Å²) in [7, 11) is 3.03. The Labute approximate surface area is 256 Å². The number of benzene rings is 1. The molecule has 0 bridgehead atoms. The topological polar surface area (TPSA) is 194 Å². The number of carbonyl (C=O) groups is 5. The quantitative estimate of drug-likeness (QED) is 0.122. The van der Waals surface area contributed by atoms with Crippen molar-refractivity contribution in [1.82, 2.24) is 20.9 Å². The lowest BCUT2D eigenvalue weighted by atomic mass is 9.90. The van der Waals surface area contributed by atoms with Gasteiger partial charge in [0.25, 0.3) is 5.91 Å². The van der Waals surface area contributed by atoms with Gasteiger partial charge in [-0.05, 0) is 57.7 Å². The second kappa shape index (κ2) is 15.7. The summed E-state index contributed by atoms with van der Waals surface area (Å²) in [5.41, 5.74) is 7.34. The van der Waals surface area contributed by atoms with Crippen molar-refractivity contribution < 1.29 is 33.4 Å². The number of methoxy groups -OCH3 is 1. The molecule has 0 radical (unpaired) electrons. The lowest BCUT2D eigenvalue weighted by Crippen LogP contribution is -2.53. The number of aromatic nitrogens is 1. The number of amides is 3. The summed E-state index contributed by atoms with van der Waals surface area (Å²) in [5, 5.41) is 8.96. The number of nitrogens with zero attached hydrogens (tertiary/aromatic N) is 1. The standard InChI is InChI=1S/C31H42N6O7/c1-6-9-22(36-30(41)24-15-20-21(35-24)11-7-12-26(20)43-5)29(40)37-23(14-19-10-8-13-34-28(19)39)25(38)16-44-31(42)27(17(2)32)18(3)33-4/h7,11-12,15,19,22-23,35H,6,8-10,13-14,16,32H2,1-5H3,(H,34,39)(H,36,41)(H,37,40)/b27-17+,33-18?/t19-,22-,23-/m0/s1. The molecule has 0 aliphatic carbocycles. The number of aromatic amines is 1. The number of aliphatic imine (C=N–C) groups is 1. The molecule has 0 spiro atoms. The van der Waals surface area contributed by atoms with E-state index < -0.39 is 48.2 Å². The van der Waals surface area contributed by atoms with Gasteiger partial charge in [-0.2, -0.15) is 0 Å². The minimum Gasteiger partial charge on any atom is -0.496 e. The van der Waals surface area contributed by atoms with Gasteiger partial charge in [-0.1, -0.05) is 19.4 Å². The first-order chi connectivity index (χ1) is 21.0. The predicted octanol–water partition coefficient (Wildman–Crippen LogP) is 1.91. The monoisotopic (exact) mass is 610 g/mol. The van der Waals surface area contributed by atoms with Gasteiger partial charge in [0.2, 0.25) is 11.8 Å². The molecular formula is C31H42N6O7. The van der Waals surface area contributed by atoms with Gasteiger partial charge < -0.3 is 36.1 Å². The number of esters is 1. The number of carbonyl (C=O) groups excluding carboxylic acids is 5. The largest absolute Gasteiger partial charge is 0.496 e. The van der Waals surface area contributed by atoms with Gasteiger partial charge in [-0.15, -0.1) is 0 Å². The van der Waals surface area contributed by atoms with Crippen LogP contribution in [-0.4, -0.2) is 79.6 Å². The van der Waals surface area contributed by atoms with E-state index in [0.717, 1.165) is 6.42 Å². The molecule has 238 valence electrons. The van der Waals surface area contributed by atoms with Crippen molar-refractivity contribution in [2.24, 2.45) is 16.6 Å². The number of nitrogens with two attached hydrogens (primary N) is 1. The number of hydrogen-bond acceptors (Lipinski definition) is 9. The maximum absolute atomic E-state index is 13.5. The SMILES string of the molecule is CCC[C@H](NC(=O)c1cc2c(OC)cccc2[nH]1)C(=O)N[C@@H](C[C@@H]1CCCNC1=O)C(=O)COC(=O)/C(C(C)=NC)=C(\C)N. The number of allylic oxidation sites excluding steroid dienone is 1. The molecule has 1 saturated heterocycles. The first-order valence-corrected chi connectivity index (χ1v) is 14.6. The third kappa shape index (κ3) is 8.45. The van der Waals surface area contributed by atoms with Crippen molar-refractivity contribution in [1.29, 1.82) is 0 Å². The molecule has 1 aliphatic heterocycles. The Morgan fingerprint density at radius 1 is 1.16 bits per heavy atom. The fourth-order valence-electron chi connectivity index (χ4n) is 5.12. The summed E-state index contributed by atoms with van der Waals surface area (Å²) < 4.78 is 10.6. The van der Waals surface area contributed by atoms with E-state index >= 15 is 0 Å². The molecule has 44 heavy (non-hydrogen) atoms. The molecule has 3 rings (SSSR count). The van der Waals surface area contributed by atoms with E-state index in [9.17, 15) is 24.0 Å². The average Bonchev–Trinajstić information content (AvgIpc) is 3.45. The lowest BCUT2D eigenvalue weighted by molar-refractivity contribution is -0.145. The van der Waals surface area contributed by atoms with Gasteiger partial charge in [0.05, 0.1) is 18.7 Å². The lowest BCUT2D eigenvalue weighted by Gasteiger charge is -2.27. The van der Waals surface area contributed by atoms with E-state index in [1.54, 1.807) is 31.2 Å². The van der Waals surface area contributed by atoms with Crippen LogP contribution in [0.1, 0.15) is 63.4 Å². The second-order valence-corrected chi connectivity index (χ2v) is 10.8. The van der Waals surface area contributed by atoms with Crippen LogP contribution in [0.15, 0.2) is 40.5 Å². The fraction of sp³-hybridized carbons (Fsp3) is 0.484. The molecule has 1 fully saturated rings. The van der Waals surface area contributed by atoms with Gasteiger partial charge >= 0.3 is 5.97 Å². The van der Waals surface area contributed by atoms with E-state index in [1.165, 1.54) is 21.1 Å². The summed E-state index contributed by atoms with van der Waals surface area (Å²) in [6.07, 6.45) is 2.13. The van der Waals surface area contributed by atoms with Crippen LogP contribution in [0.3, 0.4) is 0 Å². The smallest absolute Gasteiger partial charge is 0.342 e. The predicted molar refractivity (Wildman–Crippen MR) is 165 cm³/mol. The maximum atomic E-state index is 13.5. The first-order valence-electron chi connectivity index (χ1n) is 14.6. The molecule has 0 saturated carbocycles. The molecule has 2 aromatic rings. The highest BCUT2D eigenvalue weighted by molar-refractivity contribution is 6.19. The van der Waals surface area contributed by atoms with Crippen molar-refractivity contribution in [2.45, 2.75) is 65.0 Å². The summed E-state index contributed by atoms with van der Waals surface area (Å²) in [6.45, 7) is 4.85. The molecule has 6 N–H and O–H groups in total. The zero-order valence-electron chi connectivity index (χ0n) is 25.9. The van der Waals surface area contributed by atoms with Crippen LogP contribution in [0.2, 0.25) is 0 Å². The van der Waals surface area contributed by atoms with E-state index in [4.69, 9.17) is 15.2 Å². The summed E-state index contributed by atoms with van der Waals surface area (Å²) >= 11 is 0. The number of H-pyrrole nitrogens is 1. The maximum Gasteiger partial charge on any atom is 0.342 e. The highest BCUT2D eigenvalue weighted by Gasteiger charge is 2.33. The molecule has 1 aromatic heterocycles. The van der Waals surface area contributed by atoms with E-state index in [2.05, 4.69) is 25.9 Å². The normalized spacial score (nSPS) is 17.2. The summed E-state index contributed by atoms with van der Waals surface area (Å²) in [6, 6.07) is 4.89. The zero-order valence-corrected chi connectivity index (χ0v) is 25.9. The number of ketones is 1. The van der Waals surface area contributed by atoms with Crippen LogP contribution in [0.4, 0.5) is 0 Å². The first kappa shape index (κ1) is 33.8. The zero-order chi connectivity index (χ0) is 32.4. The van der Waals surface area contributed by atoms with E-state index in [0.29, 0.717) is 48.2 Å². The van der Waals surface area contributed by atoms with Gasteiger partial charge in [-0.3, -0.25) is 24.2 Å². The number of hydrogen-bond donors (Lipinski definition) is 5. The van der Waals surface area contributed by atoms with Crippen molar-refractivity contribution >= 4 is 46.1 Å². The van der Waals surface area contributed by atoms with Crippen LogP contribution < -0.4 is 26.4 Å². The van der Waals surface area contributed by atoms with Gasteiger partial charge in [0, 0.05) is 41.8 Å². The molecule has 1 aromatic carbocycles. The number of fused-ring (bicyclic) bond motifs is 1. The number of piperidine rings is 1.